The topological polar surface area (TPSA) is 12.5 Å². The molecule has 0 aliphatic heterocycles. The lowest BCUT2D eigenvalue weighted by Crippen LogP contribution is -2.24. The van der Waals surface area contributed by atoms with Gasteiger partial charge in [0.15, 0.2) is 0 Å². The highest BCUT2D eigenvalue weighted by molar-refractivity contribution is 6.17. The number of hydrogen-bond donors (Lipinski definition) is 0. The summed E-state index contributed by atoms with van der Waals surface area (Å²) in [7, 11) is 1.85. The standard InChI is InChI=1S/C13H19ClFNO/c1-10(2)17-7-6-16(3)13-5-4-11(9-14)8-12(13)15/h4-5,8,10H,6-7,9H2,1-3H3. The first-order valence-corrected chi connectivity index (χ1v) is 6.25. The highest BCUT2D eigenvalue weighted by Gasteiger charge is 2.08. The smallest absolute Gasteiger partial charge is 0.146 e. The second-order valence-electron chi connectivity index (χ2n) is 4.26. The predicted molar refractivity (Wildman–Crippen MR) is 70.3 cm³/mol. The van der Waals surface area contributed by atoms with Crippen LogP contribution in [-0.2, 0) is 10.6 Å². The van der Waals surface area contributed by atoms with Gasteiger partial charge in [-0.25, -0.2) is 4.39 Å². The van der Waals surface area contributed by atoms with Gasteiger partial charge in [-0.3, -0.25) is 0 Å². The zero-order valence-electron chi connectivity index (χ0n) is 10.5. The van der Waals surface area contributed by atoms with Crippen LogP contribution in [0.2, 0.25) is 0 Å². The quantitative estimate of drug-likeness (QED) is 0.726. The third-order valence-electron chi connectivity index (χ3n) is 2.46. The minimum Gasteiger partial charge on any atom is -0.377 e. The van der Waals surface area contributed by atoms with Gasteiger partial charge in [0.05, 0.1) is 18.4 Å². The molecule has 0 saturated carbocycles. The molecule has 0 heterocycles. The van der Waals surface area contributed by atoms with Crippen LogP contribution in [0.15, 0.2) is 18.2 Å². The van der Waals surface area contributed by atoms with E-state index in [1.165, 1.54) is 6.07 Å². The molecule has 0 aliphatic carbocycles. The fourth-order valence-electron chi connectivity index (χ4n) is 1.49. The first-order valence-electron chi connectivity index (χ1n) is 5.71. The van der Waals surface area contributed by atoms with Crippen molar-refractivity contribution in [2.45, 2.75) is 25.8 Å². The van der Waals surface area contributed by atoms with E-state index in [1.807, 2.05) is 31.9 Å². The first kappa shape index (κ1) is 14.3. The molecule has 1 aromatic carbocycles. The maximum absolute atomic E-state index is 13.7. The molecule has 96 valence electrons. The number of hydrogen-bond acceptors (Lipinski definition) is 2. The monoisotopic (exact) mass is 259 g/mol. The SMILES string of the molecule is CC(C)OCCN(C)c1ccc(CCl)cc1F. The molecule has 0 aliphatic rings. The lowest BCUT2D eigenvalue weighted by molar-refractivity contribution is 0.0845. The molecule has 0 aromatic heterocycles. The molecular formula is C13H19ClFNO. The third-order valence-corrected chi connectivity index (χ3v) is 2.76. The first-order chi connectivity index (χ1) is 8.04. The van der Waals surface area contributed by atoms with Crippen molar-refractivity contribution in [3.63, 3.8) is 0 Å². The molecule has 1 aromatic rings. The van der Waals surface area contributed by atoms with Crippen LogP contribution in [0.3, 0.4) is 0 Å². The lowest BCUT2D eigenvalue weighted by atomic mass is 10.2. The van der Waals surface area contributed by atoms with E-state index < -0.39 is 0 Å². The Morgan fingerprint density at radius 2 is 2.12 bits per heavy atom. The second kappa shape index (κ2) is 6.82. The number of anilines is 1. The predicted octanol–water partition coefficient (Wildman–Crippen LogP) is 3.43. The summed E-state index contributed by atoms with van der Waals surface area (Å²) < 4.78 is 19.2. The summed E-state index contributed by atoms with van der Waals surface area (Å²) in [6, 6.07) is 5.07. The molecule has 17 heavy (non-hydrogen) atoms. The normalized spacial score (nSPS) is 10.9. The minimum absolute atomic E-state index is 0.201. The van der Waals surface area contributed by atoms with E-state index in [4.69, 9.17) is 16.3 Å². The van der Waals surface area contributed by atoms with Gasteiger partial charge in [-0.1, -0.05) is 6.07 Å². The number of ether oxygens (including phenoxy) is 1. The zero-order chi connectivity index (χ0) is 12.8. The molecule has 0 radical (unpaired) electrons. The Morgan fingerprint density at radius 1 is 1.41 bits per heavy atom. The second-order valence-corrected chi connectivity index (χ2v) is 4.53. The van der Waals surface area contributed by atoms with Gasteiger partial charge in [-0.05, 0) is 31.5 Å². The Balaban J connectivity index is 2.59. The summed E-state index contributed by atoms with van der Waals surface area (Å²) in [5, 5.41) is 0. The van der Waals surface area contributed by atoms with Crippen LogP contribution in [-0.4, -0.2) is 26.3 Å². The van der Waals surface area contributed by atoms with Crippen LogP contribution in [0.5, 0.6) is 0 Å². The van der Waals surface area contributed by atoms with Crippen LogP contribution in [0, 0.1) is 5.82 Å². The Morgan fingerprint density at radius 3 is 2.65 bits per heavy atom. The summed E-state index contributed by atoms with van der Waals surface area (Å²) >= 11 is 5.65. The van der Waals surface area contributed by atoms with E-state index in [0.29, 0.717) is 24.7 Å². The van der Waals surface area contributed by atoms with Gasteiger partial charge in [-0.15, -0.1) is 11.6 Å². The number of alkyl halides is 1. The fraction of sp³-hybridized carbons (Fsp3) is 0.538. The maximum atomic E-state index is 13.7. The van der Waals surface area contributed by atoms with Gasteiger partial charge in [-0.2, -0.15) is 0 Å². The maximum Gasteiger partial charge on any atom is 0.146 e. The van der Waals surface area contributed by atoms with Crippen molar-refractivity contribution in [3.05, 3.63) is 29.6 Å². The molecule has 4 heteroatoms. The number of benzene rings is 1. The summed E-state index contributed by atoms with van der Waals surface area (Å²) in [5.41, 5.74) is 1.37. The Labute approximate surface area is 107 Å². The van der Waals surface area contributed by atoms with E-state index in [-0.39, 0.29) is 11.9 Å². The summed E-state index contributed by atoms with van der Waals surface area (Å²) in [4.78, 5) is 1.84. The van der Waals surface area contributed by atoms with Gasteiger partial charge >= 0.3 is 0 Å². The molecule has 0 fully saturated rings. The third kappa shape index (κ3) is 4.52. The largest absolute Gasteiger partial charge is 0.377 e. The van der Waals surface area contributed by atoms with Crippen molar-refractivity contribution in [3.8, 4) is 0 Å². The van der Waals surface area contributed by atoms with Crippen molar-refractivity contribution in [2.24, 2.45) is 0 Å². The molecule has 0 amide bonds. The molecule has 1 rings (SSSR count). The Kier molecular flexibility index (Phi) is 5.72. The highest BCUT2D eigenvalue weighted by Crippen LogP contribution is 2.20. The molecule has 0 bridgehead atoms. The van der Waals surface area contributed by atoms with Crippen LogP contribution in [0.1, 0.15) is 19.4 Å². The molecule has 2 nitrogen and oxygen atoms in total. The van der Waals surface area contributed by atoms with Crippen LogP contribution >= 0.6 is 11.6 Å². The summed E-state index contributed by atoms with van der Waals surface area (Å²) in [5.74, 6) is 0.0902. The summed E-state index contributed by atoms with van der Waals surface area (Å²) in [6.07, 6.45) is 0.201. The molecular weight excluding hydrogens is 241 g/mol. The molecule has 0 saturated heterocycles. The van der Waals surface area contributed by atoms with Crippen LogP contribution < -0.4 is 4.90 Å². The zero-order valence-corrected chi connectivity index (χ0v) is 11.3. The average Bonchev–Trinajstić information content (AvgIpc) is 2.28. The van der Waals surface area contributed by atoms with E-state index >= 15 is 0 Å². The summed E-state index contributed by atoms with van der Waals surface area (Å²) in [6.45, 7) is 5.21. The van der Waals surface area contributed by atoms with Crippen LogP contribution in [0.4, 0.5) is 10.1 Å². The molecule has 0 spiro atoms. The van der Waals surface area contributed by atoms with E-state index in [0.717, 1.165) is 5.56 Å². The Hall–Kier alpha value is -0.800. The van der Waals surface area contributed by atoms with Crippen molar-refractivity contribution in [1.82, 2.24) is 0 Å². The van der Waals surface area contributed by atoms with Gasteiger partial charge in [0.1, 0.15) is 5.82 Å². The Bertz CT molecular complexity index is 357. The van der Waals surface area contributed by atoms with E-state index in [1.54, 1.807) is 6.07 Å². The van der Waals surface area contributed by atoms with Gasteiger partial charge in [0, 0.05) is 19.5 Å². The van der Waals surface area contributed by atoms with Crippen LogP contribution in [0.25, 0.3) is 0 Å². The highest BCUT2D eigenvalue weighted by atomic mass is 35.5. The van der Waals surface area contributed by atoms with Crippen molar-refractivity contribution in [2.75, 3.05) is 25.1 Å². The lowest BCUT2D eigenvalue weighted by Gasteiger charge is -2.20. The van der Waals surface area contributed by atoms with E-state index in [9.17, 15) is 4.39 Å². The van der Waals surface area contributed by atoms with Gasteiger partial charge in [0.2, 0.25) is 0 Å². The van der Waals surface area contributed by atoms with Gasteiger partial charge in [0.25, 0.3) is 0 Å². The number of likely N-dealkylation sites (N-methyl/N-ethyl adjacent to an activating group) is 1. The number of halogens is 2. The van der Waals surface area contributed by atoms with E-state index in [2.05, 4.69) is 0 Å². The molecule has 0 unspecified atom stereocenters. The minimum atomic E-state index is -0.241. The number of rotatable bonds is 6. The fourth-order valence-corrected chi connectivity index (χ4v) is 1.66. The average molecular weight is 260 g/mol. The molecule has 0 atom stereocenters. The van der Waals surface area contributed by atoms with Crippen molar-refractivity contribution >= 4 is 17.3 Å². The van der Waals surface area contributed by atoms with Gasteiger partial charge < -0.3 is 9.64 Å². The van der Waals surface area contributed by atoms with Crippen molar-refractivity contribution < 1.29 is 9.13 Å². The number of nitrogens with zero attached hydrogens (tertiary/aromatic N) is 1. The van der Waals surface area contributed by atoms with Crippen molar-refractivity contribution in [1.29, 1.82) is 0 Å². The molecule has 0 N–H and O–H groups in total.